The maximum atomic E-state index is 12.0. The van der Waals surface area contributed by atoms with Crippen molar-refractivity contribution in [2.24, 2.45) is 0 Å². The van der Waals surface area contributed by atoms with Gasteiger partial charge in [0.1, 0.15) is 5.76 Å². The zero-order valence-corrected chi connectivity index (χ0v) is 12.3. The van der Waals surface area contributed by atoms with E-state index < -0.39 is 13.4 Å². The molecular weight excluding hydrogens is 233 g/mol. The molecule has 1 heterocycles. The molecule has 0 atom stereocenters. The minimum Gasteiger partial charge on any atom is -0.469 e. The summed E-state index contributed by atoms with van der Waals surface area (Å²) in [6, 6.07) is 1.69. The number of aryl methyl sites for hydroxylation is 1. The summed E-state index contributed by atoms with van der Waals surface area (Å²) in [5.74, 6) is 0.673. The van der Waals surface area contributed by atoms with Gasteiger partial charge in [-0.15, -0.1) is 0 Å². The van der Waals surface area contributed by atoms with Gasteiger partial charge in [-0.25, -0.2) is 0 Å². The van der Waals surface area contributed by atoms with E-state index in [1.165, 1.54) is 18.2 Å². The molecule has 0 fully saturated rings. The Labute approximate surface area is 130 Å². The van der Waals surface area contributed by atoms with Crippen LogP contribution in [0.1, 0.15) is 11.3 Å². The van der Waals surface area contributed by atoms with Crippen LogP contribution >= 0.6 is 0 Å². The average Bonchev–Trinajstić information content (AvgIpc) is 2.32. The van der Waals surface area contributed by atoms with E-state index in [9.17, 15) is 12.9 Å². The molecule has 0 aromatic carbocycles. The summed E-state index contributed by atoms with van der Waals surface area (Å²) in [6.07, 6.45) is 0.641. The fourth-order valence-electron chi connectivity index (χ4n) is 1.28. The molecular formula is C8H12BF3KNO. The first-order valence-corrected chi connectivity index (χ1v) is 4.31. The first-order chi connectivity index (χ1) is 6.38. The van der Waals surface area contributed by atoms with E-state index in [1.54, 1.807) is 13.0 Å². The molecule has 7 heteroatoms. The van der Waals surface area contributed by atoms with Crippen LogP contribution in [0.4, 0.5) is 12.9 Å². The first kappa shape index (κ1) is 15.7. The Morgan fingerprint density at radius 2 is 2.00 bits per heavy atom. The smallest absolute Gasteiger partial charge is 0.469 e. The third-order valence-electron chi connectivity index (χ3n) is 1.93. The summed E-state index contributed by atoms with van der Waals surface area (Å²) in [6.45, 7) is -2.74. The second-order valence-corrected chi connectivity index (χ2v) is 3.41. The van der Waals surface area contributed by atoms with Gasteiger partial charge in [-0.3, -0.25) is 0 Å². The van der Waals surface area contributed by atoms with Gasteiger partial charge in [0.05, 0.1) is 6.26 Å². The van der Waals surface area contributed by atoms with Crippen molar-refractivity contribution in [3.8, 4) is 0 Å². The summed E-state index contributed by atoms with van der Waals surface area (Å²) in [5.41, 5.74) is 0.799. The molecule has 0 N–H and O–H groups in total. The van der Waals surface area contributed by atoms with E-state index in [0.717, 1.165) is 5.56 Å². The molecule has 80 valence electrons. The fourth-order valence-corrected chi connectivity index (χ4v) is 1.28. The van der Waals surface area contributed by atoms with Gasteiger partial charge in [-0.1, -0.05) is 0 Å². The fraction of sp³-hybridized carbons (Fsp3) is 0.500. The zero-order chi connectivity index (χ0) is 10.8. The van der Waals surface area contributed by atoms with Crippen molar-refractivity contribution in [2.45, 2.75) is 13.5 Å². The van der Waals surface area contributed by atoms with Crippen molar-refractivity contribution >= 4 is 6.98 Å². The molecule has 0 saturated heterocycles. The second-order valence-electron chi connectivity index (χ2n) is 3.41. The van der Waals surface area contributed by atoms with E-state index in [-0.39, 0.29) is 57.9 Å². The maximum Gasteiger partial charge on any atom is 1.00 e. The molecule has 0 aliphatic carbocycles. The van der Waals surface area contributed by atoms with Crippen molar-refractivity contribution in [3.63, 3.8) is 0 Å². The zero-order valence-electron chi connectivity index (χ0n) is 9.14. The molecule has 0 unspecified atom stereocenters. The molecule has 15 heavy (non-hydrogen) atoms. The van der Waals surface area contributed by atoms with E-state index in [1.807, 2.05) is 0 Å². The molecule has 0 amide bonds. The predicted molar refractivity (Wildman–Crippen MR) is 48.9 cm³/mol. The minimum absolute atomic E-state index is 0. The predicted octanol–water partition coefficient (Wildman–Crippen LogP) is -0.590. The number of rotatable bonds is 4. The largest absolute Gasteiger partial charge is 1.00 e. The molecule has 0 aliphatic rings. The number of nitrogens with zero attached hydrogens (tertiary/aromatic N) is 1. The molecule has 1 aromatic heterocycles. The van der Waals surface area contributed by atoms with Crippen LogP contribution in [0, 0.1) is 6.92 Å². The summed E-state index contributed by atoms with van der Waals surface area (Å²) in [4.78, 5) is 1.23. The van der Waals surface area contributed by atoms with Gasteiger partial charge in [-0.05, 0) is 26.5 Å². The van der Waals surface area contributed by atoms with Crippen LogP contribution in [0.15, 0.2) is 16.7 Å². The minimum atomic E-state index is -4.74. The molecule has 0 spiro atoms. The quantitative estimate of drug-likeness (QED) is 0.659. The van der Waals surface area contributed by atoms with Crippen LogP contribution < -0.4 is 51.4 Å². The summed E-state index contributed by atoms with van der Waals surface area (Å²) < 4.78 is 41.1. The van der Waals surface area contributed by atoms with Gasteiger partial charge in [0.25, 0.3) is 0 Å². The maximum absolute atomic E-state index is 12.0. The third-order valence-corrected chi connectivity index (χ3v) is 1.93. The summed E-state index contributed by atoms with van der Waals surface area (Å²) >= 11 is 0. The van der Waals surface area contributed by atoms with E-state index in [4.69, 9.17) is 4.42 Å². The Morgan fingerprint density at radius 3 is 2.40 bits per heavy atom. The molecule has 0 saturated carbocycles. The monoisotopic (exact) mass is 245 g/mol. The van der Waals surface area contributed by atoms with Crippen molar-refractivity contribution in [3.05, 3.63) is 23.7 Å². The molecule has 0 radical (unpaired) electrons. The van der Waals surface area contributed by atoms with Crippen molar-refractivity contribution in [1.82, 2.24) is 4.90 Å². The van der Waals surface area contributed by atoms with Crippen LogP contribution in [0.3, 0.4) is 0 Å². The average molecular weight is 245 g/mol. The number of hydrogen-bond donors (Lipinski definition) is 0. The van der Waals surface area contributed by atoms with Gasteiger partial charge < -0.3 is 22.3 Å². The molecule has 0 bridgehead atoms. The summed E-state index contributed by atoms with van der Waals surface area (Å²) in [5, 5.41) is 0. The van der Waals surface area contributed by atoms with Crippen LogP contribution in [0.2, 0.25) is 0 Å². The topological polar surface area (TPSA) is 16.4 Å². The number of hydrogen-bond acceptors (Lipinski definition) is 2. The van der Waals surface area contributed by atoms with E-state index in [2.05, 4.69) is 0 Å². The summed E-state index contributed by atoms with van der Waals surface area (Å²) in [7, 11) is 1.45. The standard InChI is InChI=1S/C8H12BF3NO.K/c1-7-8(3-4-14-7)5-13(2)6-9(10,11)12;/h3-4H,5-6H2,1-2H3;/q-1;+1. The van der Waals surface area contributed by atoms with Gasteiger partial charge in [-0.2, -0.15) is 0 Å². The van der Waals surface area contributed by atoms with Gasteiger partial charge in [0, 0.05) is 12.1 Å². The van der Waals surface area contributed by atoms with Crippen LogP contribution in [-0.2, 0) is 6.54 Å². The Bertz CT molecular complexity index is 302. The van der Waals surface area contributed by atoms with Crippen LogP contribution in [-0.4, -0.2) is 25.4 Å². The molecule has 1 rings (SSSR count). The van der Waals surface area contributed by atoms with E-state index >= 15 is 0 Å². The Hall–Kier alpha value is 0.731. The number of furan rings is 1. The van der Waals surface area contributed by atoms with Crippen LogP contribution in [0.25, 0.3) is 0 Å². The Balaban J connectivity index is 0.00000196. The molecule has 0 aliphatic heterocycles. The Morgan fingerprint density at radius 1 is 1.40 bits per heavy atom. The Kier molecular flexibility index (Phi) is 6.78. The second kappa shape index (κ2) is 6.46. The number of halogens is 3. The normalized spacial score (nSPS) is 11.6. The SMILES string of the molecule is Cc1occc1CN(C)C[B-](F)(F)F.[K+]. The van der Waals surface area contributed by atoms with Gasteiger partial charge >= 0.3 is 58.4 Å². The third kappa shape index (κ3) is 6.13. The van der Waals surface area contributed by atoms with Crippen molar-refractivity contribution in [1.29, 1.82) is 0 Å². The van der Waals surface area contributed by atoms with Crippen molar-refractivity contribution < 1.29 is 68.7 Å². The molecule has 1 aromatic rings. The van der Waals surface area contributed by atoms with Gasteiger partial charge in [0.2, 0.25) is 0 Å². The first-order valence-electron chi connectivity index (χ1n) is 4.31. The molecule has 2 nitrogen and oxygen atoms in total. The van der Waals surface area contributed by atoms with Gasteiger partial charge in [0.15, 0.2) is 0 Å². The van der Waals surface area contributed by atoms with E-state index in [0.29, 0.717) is 5.76 Å². The van der Waals surface area contributed by atoms with Crippen LogP contribution in [0.5, 0.6) is 0 Å². The van der Waals surface area contributed by atoms with Crippen molar-refractivity contribution in [2.75, 3.05) is 13.5 Å².